The van der Waals surface area contributed by atoms with E-state index in [-0.39, 0.29) is 0 Å². The Morgan fingerprint density at radius 2 is 1.30 bits per heavy atom. The van der Waals surface area contributed by atoms with Gasteiger partial charge in [-0.2, -0.15) is 0 Å². The van der Waals surface area contributed by atoms with Crippen molar-refractivity contribution in [2.24, 2.45) is 5.73 Å². The van der Waals surface area contributed by atoms with E-state index in [2.05, 4.69) is 11.8 Å². The monoisotopic (exact) mass is 288 g/mol. The first-order valence-corrected chi connectivity index (χ1v) is 8.88. The van der Waals surface area contributed by atoms with Crippen LogP contribution in [0.2, 0.25) is 0 Å². The normalized spacial score (nSPS) is 19.4. The lowest BCUT2D eigenvalue weighted by molar-refractivity contribution is -0.0729. The van der Waals surface area contributed by atoms with E-state index >= 15 is 0 Å². The number of ether oxygens (including phenoxy) is 1. The molecule has 0 atom stereocenters. The highest BCUT2D eigenvalue weighted by molar-refractivity contribution is 4.76. The van der Waals surface area contributed by atoms with Crippen LogP contribution in [0, 0.1) is 0 Å². The van der Waals surface area contributed by atoms with Gasteiger partial charge in [0.15, 0.2) is 0 Å². The molecule has 0 aromatic rings. The van der Waals surface area contributed by atoms with Crippen LogP contribution in [0.1, 0.15) is 73.6 Å². The number of likely N-dealkylation sites (tertiary alicyclic amines) is 1. The Balaban J connectivity index is 0. The maximum absolute atomic E-state index is 5.99. The molecule has 124 valence electrons. The van der Waals surface area contributed by atoms with Crippen LogP contribution in [0.3, 0.4) is 0 Å². The van der Waals surface area contributed by atoms with Gasteiger partial charge in [-0.15, -0.1) is 0 Å². The quantitative estimate of drug-likeness (QED) is 0.851. The predicted molar refractivity (Wildman–Crippen MR) is 91.3 cm³/mol. The molecule has 1 saturated carbocycles. The van der Waals surface area contributed by atoms with Crippen molar-refractivity contribution >= 4 is 0 Å². The van der Waals surface area contributed by atoms with Gasteiger partial charge in [0.2, 0.25) is 0 Å². The van der Waals surface area contributed by atoms with E-state index in [9.17, 15) is 0 Å². The van der Waals surface area contributed by atoms with E-state index < -0.39 is 0 Å². The lowest BCUT2D eigenvalue weighted by Gasteiger charge is -2.35. The van der Waals surface area contributed by atoms with Gasteiger partial charge in [-0.1, -0.05) is 41.5 Å². The molecular weight excluding hydrogens is 248 g/mol. The van der Waals surface area contributed by atoms with Gasteiger partial charge in [0, 0.05) is 13.1 Å². The Kier molecular flexibility index (Phi) is 18.8. The fourth-order valence-corrected chi connectivity index (χ4v) is 2.14. The minimum atomic E-state index is 0.577. The Labute approximate surface area is 128 Å². The fourth-order valence-electron chi connectivity index (χ4n) is 2.14. The zero-order valence-electron chi connectivity index (χ0n) is 15.0. The number of nitrogens with two attached hydrogens (primary N) is 1. The average Bonchev–Trinajstić information content (AvgIpc) is 2.49. The molecule has 20 heavy (non-hydrogen) atoms. The number of piperidine rings is 1. The largest absolute Gasteiger partial charge is 0.375 e. The lowest BCUT2D eigenvalue weighted by Crippen LogP contribution is -2.39. The van der Waals surface area contributed by atoms with Crippen molar-refractivity contribution in [3.8, 4) is 0 Å². The van der Waals surface area contributed by atoms with Crippen molar-refractivity contribution in [3.05, 3.63) is 0 Å². The summed E-state index contributed by atoms with van der Waals surface area (Å²) in [5.74, 6) is 0. The van der Waals surface area contributed by atoms with Crippen LogP contribution < -0.4 is 5.73 Å². The summed E-state index contributed by atoms with van der Waals surface area (Å²) in [4.78, 5) is 2.51. The van der Waals surface area contributed by atoms with E-state index in [1.54, 1.807) is 0 Å². The highest BCUT2D eigenvalue weighted by Gasteiger charge is 2.25. The molecule has 0 spiro atoms. The van der Waals surface area contributed by atoms with E-state index in [1.165, 1.54) is 51.7 Å². The van der Waals surface area contributed by atoms with Gasteiger partial charge in [0.05, 0.1) is 12.2 Å². The summed E-state index contributed by atoms with van der Waals surface area (Å²) in [7, 11) is 0. The SMILES string of the molecule is CC.CC.CCN.CCN1CCC(OC2CCC2)CC1. The molecule has 2 fully saturated rings. The first-order chi connectivity index (χ1) is 9.80. The number of hydrogen-bond acceptors (Lipinski definition) is 3. The smallest absolute Gasteiger partial charge is 0.0603 e. The Morgan fingerprint density at radius 3 is 1.60 bits per heavy atom. The van der Waals surface area contributed by atoms with Gasteiger partial charge < -0.3 is 15.4 Å². The molecule has 0 bridgehead atoms. The van der Waals surface area contributed by atoms with Gasteiger partial charge in [0.1, 0.15) is 0 Å². The molecule has 1 aliphatic carbocycles. The summed E-state index contributed by atoms with van der Waals surface area (Å²) in [6.45, 7) is 16.6. The summed E-state index contributed by atoms with van der Waals surface area (Å²) < 4.78 is 5.99. The summed E-state index contributed by atoms with van der Waals surface area (Å²) in [5.41, 5.74) is 4.85. The highest BCUT2D eigenvalue weighted by atomic mass is 16.5. The summed E-state index contributed by atoms with van der Waals surface area (Å²) >= 11 is 0. The highest BCUT2D eigenvalue weighted by Crippen LogP contribution is 2.26. The number of rotatable bonds is 3. The molecule has 0 radical (unpaired) electrons. The molecule has 1 aliphatic heterocycles. The standard InChI is InChI=1S/C11H21NO.C2H7N.2C2H6/c1-2-12-8-6-11(7-9-12)13-10-4-3-5-10;1-2-3;2*1-2/h10-11H,2-9H2,1H3;2-3H2,1H3;2*1-2H3. The molecule has 0 amide bonds. The second-order valence-corrected chi connectivity index (χ2v) is 4.73. The van der Waals surface area contributed by atoms with Crippen LogP contribution in [0.25, 0.3) is 0 Å². The summed E-state index contributed by atoms with van der Waals surface area (Å²) in [6, 6.07) is 0. The second kappa shape index (κ2) is 16.9. The molecule has 0 unspecified atom stereocenters. The van der Waals surface area contributed by atoms with Crippen molar-refractivity contribution in [2.45, 2.75) is 85.9 Å². The number of nitrogens with zero attached hydrogens (tertiary/aromatic N) is 1. The van der Waals surface area contributed by atoms with Crippen molar-refractivity contribution in [1.29, 1.82) is 0 Å². The second-order valence-electron chi connectivity index (χ2n) is 4.73. The lowest BCUT2D eigenvalue weighted by atomic mass is 9.95. The third-order valence-corrected chi connectivity index (χ3v) is 3.42. The molecule has 1 saturated heterocycles. The van der Waals surface area contributed by atoms with Crippen molar-refractivity contribution in [2.75, 3.05) is 26.2 Å². The summed E-state index contributed by atoms with van der Waals surface area (Å²) in [5, 5.41) is 0. The van der Waals surface area contributed by atoms with Crippen molar-refractivity contribution in [3.63, 3.8) is 0 Å². The van der Waals surface area contributed by atoms with Crippen molar-refractivity contribution < 1.29 is 4.74 Å². The molecule has 1 heterocycles. The zero-order valence-corrected chi connectivity index (χ0v) is 15.0. The van der Waals surface area contributed by atoms with Gasteiger partial charge >= 0.3 is 0 Å². The number of hydrogen-bond donors (Lipinski definition) is 1. The van der Waals surface area contributed by atoms with E-state index in [0.717, 1.165) is 6.54 Å². The van der Waals surface area contributed by atoms with Gasteiger partial charge in [-0.05, 0) is 45.2 Å². The van der Waals surface area contributed by atoms with Crippen LogP contribution in [-0.4, -0.2) is 43.3 Å². The topological polar surface area (TPSA) is 38.5 Å². The van der Waals surface area contributed by atoms with Gasteiger partial charge in [0.25, 0.3) is 0 Å². The molecule has 3 heteroatoms. The zero-order chi connectivity index (χ0) is 15.8. The van der Waals surface area contributed by atoms with Crippen LogP contribution >= 0.6 is 0 Å². The molecule has 2 N–H and O–H groups in total. The average molecular weight is 289 g/mol. The van der Waals surface area contributed by atoms with Crippen LogP contribution in [-0.2, 0) is 4.74 Å². The maximum atomic E-state index is 5.99. The third-order valence-electron chi connectivity index (χ3n) is 3.42. The van der Waals surface area contributed by atoms with E-state index in [4.69, 9.17) is 10.5 Å². The van der Waals surface area contributed by atoms with Gasteiger partial charge in [-0.25, -0.2) is 0 Å². The predicted octanol–water partition coefficient (Wildman–Crippen LogP) is 4.06. The minimum Gasteiger partial charge on any atom is -0.375 e. The molecule has 0 aromatic carbocycles. The van der Waals surface area contributed by atoms with Gasteiger partial charge in [-0.3, -0.25) is 0 Å². The van der Waals surface area contributed by atoms with Crippen LogP contribution in [0.4, 0.5) is 0 Å². The molecule has 2 aliphatic rings. The van der Waals surface area contributed by atoms with Crippen LogP contribution in [0.5, 0.6) is 0 Å². The first-order valence-electron chi connectivity index (χ1n) is 8.88. The van der Waals surface area contributed by atoms with Crippen LogP contribution in [0.15, 0.2) is 0 Å². The molecule has 0 aromatic heterocycles. The third kappa shape index (κ3) is 10.6. The first kappa shape index (κ1) is 22.2. The Bertz CT molecular complexity index is 164. The summed E-state index contributed by atoms with van der Waals surface area (Å²) in [6.07, 6.45) is 7.72. The Hall–Kier alpha value is -0.120. The molecular formula is C17H40N2O. The fraction of sp³-hybridized carbons (Fsp3) is 1.00. The molecule has 3 nitrogen and oxygen atoms in total. The minimum absolute atomic E-state index is 0.577. The van der Waals surface area contributed by atoms with E-state index in [1.807, 2.05) is 34.6 Å². The van der Waals surface area contributed by atoms with Crippen molar-refractivity contribution in [1.82, 2.24) is 4.90 Å². The Morgan fingerprint density at radius 1 is 0.900 bits per heavy atom. The maximum Gasteiger partial charge on any atom is 0.0603 e. The van der Waals surface area contributed by atoms with E-state index in [0.29, 0.717) is 12.2 Å². The molecule has 2 rings (SSSR count).